The van der Waals surface area contributed by atoms with E-state index < -0.39 is 0 Å². The molecule has 0 atom stereocenters. The van der Waals surface area contributed by atoms with E-state index in [0.717, 1.165) is 13.0 Å². The van der Waals surface area contributed by atoms with Crippen LogP contribution in [0.4, 0.5) is 0 Å². The van der Waals surface area contributed by atoms with E-state index in [1.54, 1.807) is 0 Å². The van der Waals surface area contributed by atoms with E-state index in [-0.39, 0.29) is 12.4 Å². The molecule has 0 amide bonds. The predicted molar refractivity (Wildman–Crippen MR) is 64.8 cm³/mol. The molecule has 14 heavy (non-hydrogen) atoms. The highest BCUT2D eigenvalue weighted by Crippen LogP contribution is 2.36. The molecule has 1 aliphatic rings. The summed E-state index contributed by atoms with van der Waals surface area (Å²) in [5.74, 6) is 2.72. The summed E-state index contributed by atoms with van der Waals surface area (Å²) < 4.78 is 0. The molecule has 0 aromatic rings. The smallest absolute Gasteiger partial charge is 0.0214 e. The van der Waals surface area contributed by atoms with E-state index >= 15 is 0 Å². The van der Waals surface area contributed by atoms with Crippen molar-refractivity contribution in [2.24, 2.45) is 5.41 Å². The first kappa shape index (κ1) is 13.8. The molecule has 1 nitrogen and oxygen atoms in total. The number of hydrogen-bond donors (Lipinski definition) is 0. The molecule has 1 aliphatic heterocycles. The number of hydrogen-bond acceptors (Lipinski definition) is 1. The van der Waals surface area contributed by atoms with Crippen molar-refractivity contribution in [3.8, 4) is 12.3 Å². The molecule has 1 saturated heterocycles. The topological polar surface area (TPSA) is 3.24 Å². The lowest BCUT2D eigenvalue weighted by atomic mass is 9.82. The van der Waals surface area contributed by atoms with Crippen molar-refractivity contribution in [3.05, 3.63) is 0 Å². The molecular formula is C12H22ClN. The van der Waals surface area contributed by atoms with Crippen molar-refractivity contribution in [2.45, 2.75) is 39.5 Å². The standard InChI is InChI=1S/C12H21N.ClH/c1-4-7-9-13-10-8-12(5-2,6-3)11-13;/h1H,5-11H2,2-3H3;1H. The Kier molecular flexibility index (Phi) is 6.24. The van der Waals surface area contributed by atoms with Crippen LogP contribution in [0.25, 0.3) is 0 Å². The minimum atomic E-state index is 0. The monoisotopic (exact) mass is 215 g/mol. The van der Waals surface area contributed by atoms with Crippen LogP contribution in [0.2, 0.25) is 0 Å². The molecule has 0 aliphatic carbocycles. The van der Waals surface area contributed by atoms with Crippen LogP contribution in [0.1, 0.15) is 39.5 Å². The third-order valence-electron chi connectivity index (χ3n) is 3.59. The van der Waals surface area contributed by atoms with E-state index in [4.69, 9.17) is 6.42 Å². The van der Waals surface area contributed by atoms with Gasteiger partial charge in [0, 0.05) is 19.5 Å². The first-order valence-corrected chi connectivity index (χ1v) is 5.42. The molecule has 0 aromatic carbocycles. The Morgan fingerprint density at radius 3 is 2.43 bits per heavy atom. The summed E-state index contributed by atoms with van der Waals surface area (Å²) >= 11 is 0. The molecule has 0 spiro atoms. The maximum absolute atomic E-state index is 5.26. The third kappa shape index (κ3) is 3.19. The van der Waals surface area contributed by atoms with Crippen molar-refractivity contribution < 1.29 is 0 Å². The van der Waals surface area contributed by atoms with Crippen molar-refractivity contribution >= 4 is 12.4 Å². The Morgan fingerprint density at radius 1 is 1.36 bits per heavy atom. The van der Waals surface area contributed by atoms with Crippen LogP contribution < -0.4 is 0 Å². The second kappa shape index (κ2) is 6.32. The maximum Gasteiger partial charge on any atom is 0.0214 e. The van der Waals surface area contributed by atoms with Crippen molar-refractivity contribution in [1.82, 2.24) is 4.90 Å². The minimum absolute atomic E-state index is 0. The summed E-state index contributed by atoms with van der Waals surface area (Å²) in [6.07, 6.45) is 10.2. The van der Waals surface area contributed by atoms with Gasteiger partial charge in [-0.3, -0.25) is 0 Å². The van der Waals surface area contributed by atoms with Crippen LogP contribution in [0.5, 0.6) is 0 Å². The summed E-state index contributed by atoms with van der Waals surface area (Å²) in [7, 11) is 0. The van der Waals surface area contributed by atoms with Gasteiger partial charge in [-0.2, -0.15) is 0 Å². The second-order valence-corrected chi connectivity index (χ2v) is 4.19. The molecule has 0 unspecified atom stereocenters. The third-order valence-corrected chi connectivity index (χ3v) is 3.59. The summed E-state index contributed by atoms with van der Waals surface area (Å²) in [6, 6.07) is 0. The number of likely N-dealkylation sites (tertiary alicyclic amines) is 1. The summed E-state index contributed by atoms with van der Waals surface area (Å²) in [6.45, 7) is 8.24. The fourth-order valence-electron chi connectivity index (χ4n) is 2.27. The first-order chi connectivity index (χ1) is 6.26. The highest BCUT2D eigenvalue weighted by atomic mass is 35.5. The molecular weight excluding hydrogens is 194 g/mol. The van der Waals surface area contributed by atoms with Crippen LogP contribution in [0.3, 0.4) is 0 Å². The Hall–Kier alpha value is -0.190. The molecule has 0 radical (unpaired) electrons. The molecule has 82 valence electrons. The molecule has 1 fully saturated rings. The molecule has 1 heterocycles. The van der Waals surface area contributed by atoms with Gasteiger partial charge in [0.15, 0.2) is 0 Å². The lowest BCUT2D eigenvalue weighted by molar-refractivity contribution is 0.243. The molecule has 1 rings (SSSR count). The van der Waals surface area contributed by atoms with Gasteiger partial charge in [0.05, 0.1) is 0 Å². The molecule has 2 heteroatoms. The van der Waals surface area contributed by atoms with Crippen LogP contribution in [0.15, 0.2) is 0 Å². The van der Waals surface area contributed by atoms with Crippen molar-refractivity contribution in [2.75, 3.05) is 19.6 Å². The van der Waals surface area contributed by atoms with Crippen LogP contribution in [-0.4, -0.2) is 24.5 Å². The number of nitrogens with zero attached hydrogens (tertiary/aromatic N) is 1. The van der Waals surface area contributed by atoms with E-state index in [0.29, 0.717) is 5.41 Å². The van der Waals surface area contributed by atoms with Gasteiger partial charge in [0.2, 0.25) is 0 Å². The highest BCUT2D eigenvalue weighted by molar-refractivity contribution is 5.85. The van der Waals surface area contributed by atoms with Gasteiger partial charge in [-0.15, -0.1) is 24.8 Å². The maximum atomic E-state index is 5.26. The zero-order valence-electron chi connectivity index (χ0n) is 9.38. The van der Waals surface area contributed by atoms with Gasteiger partial charge in [-0.25, -0.2) is 0 Å². The number of terminal acetylenes is 1. The summed E-state index contributed by atoms with van der Waals surface area (Å²) in [4.78, 5) is 2.52. The molecule has 0 bridgehead atoms. The van der Waals surface area contributed by atoms with E-state index in [2.05, 4.69) is 24.7 Å². The van der Waals surface area contributed by atoms with Crippen LogP contribution in [0, 0.1) is 17.8 Å². The van der Waals surface area contributed by atoms with E-state index in [1.165, 1.54) is 32.4 Å². The Balaban J connectivity index is 0.00000169. The molecule has 0 saturated carbocycles. The molecule has 0 N–H and O–H groups in total. The summed E-state index contributed by atoms with van der Waals surface area (Å²) in [5, 5.41) is 0. The summed E-state index contributed by atoms with van der Waals surface area (Å²) in [5.41, 5.74) is 0.606. The minimum Gasteiger partial charge on any atom is -0.302 e. The first-order valence-electron chi connectivity index (χ1n) is 5.42. The van der Waals surface area contributed by atoms with Crippen molar-refractivity contribution in [3.63, 3.8) is 0 Å². The molecule has 0 aromatic heterocycles. The lowest BCUT2D eigenvalue weighted by Gasteiger charge is -2.26. The fraction of sp³-hybridized carbons (Fsp3) is 0.833. The average molecular weight is 216 g/mol. The Labute approximate surface area is 94.7 Å². The van der Waals surface area contributed by atoms with E-state index in [9.17, 15) is 0 Å². The predicted octanol–water partition coefficient (Wildman–Crippen LogP) is 2.94. The second-order valence-electron chi connectivity index (χ2n) is 4.19. The number of rotatable bonds is 4. The Morgan fingerprint density at radius 2 is 2.00 bits per heavy atom. The SMILES string of the molecule is C#CCCN1CCC(CC)(CC)C1.Cl. The number of halogens is 1. The van der Waals surface area contributed by atoms with Crippen LogP contribution >= 0.6 is 12.4 Å². The largest absolute Gasteiger partial charge is 0.302 e. The van der Waals surface area contributed by atoms with Gasteiger partial charge < -0.3 is 4.90 Å². The van der Waals surface area contributed by atoms with E-state index in [1.807, 2.05) is 0 Å². The lowest BCUT2D eigenvalue weighted by Crippen LogP contribution is -2.26. The van der Waals surface area contributed by atoms with Crippen LogP contribution in [-0.2, 0) is 0 Å². The van der Waals surface area contributed by atoms with Gasteiger partial charge in [0.1, 0.15) is 0 Å². The fourth-order valence-corrected chi connectivity index (χ4v) is 2.27. The zero-order valence-corrected chi connectivity index (χ0v) is 10.2. The van der Waals surface area contributed by atoms with Crippen molar-refractivity contribution in [1.29, 1.82) is 0 Å². The van der Waals surface area contributed by atoms with Gasteiger partial charge in [-0.05, 0) is 31.2 Å². The highest BCUT2D eigenvalue weighted by Gasteiger charge is 2.34. The van der Waals surface area contributed by atoms with Gasteiger partial charge >= 0.3 is 0 Å². The Bertz CT molecular complexity index is 191. The van der Waals surface area contributed by atoms with Gasteiger partial charge in [0.25, 0.3) is 0 Å². The van der Waals surface area contributed by atoms with Gasteiger partial charge in [-0.1, -0.05) is 13.8 Å². The zero-order chi connectivity index (χ0) is 9.73. The average Bonchev–Trinajstić information content (AvgIpc) is 2.59. The normalized spacial score (nSPS) is 20.1. The quantitative estimate of drug-likeness (QED) is 0.652.